The first kappa shape index (κ1) is 14.5. The van der Waals surface area contributed by atoms with Gasteiger partial charge in [-0.05, 0) is 69.0 Å². The minimum Gasteiger partial charge on any atom is -0.497 e. The summed E-state index contributed by atoms with van der Waals surface area (Å²) in [4.78, 5) is 2.31. The number of piperidine rings is 1. The Balaban J connectivity index is 1.94. The molecule has 1 aromatic carbocycles. The molecule has 0 unspecified atom stereocenters. The second-order valence-corrected chi connectivity index (χ2v) is 7.38. The van der Waals surface area contributed by atoms with E-state index in [0.717, 1.165) is 25.1 Å². The van der Waals surface area contributed by atoms with Crippen molar-refractivity contribution >= 4 is 0 Å². The Morgan fingerprint density at radius 1 is 1.32 bits per heavy atom. The fraction of sp³-hybridized carbons (Fsp3) is 0.667. The third-order valence-electron chi connectivity index (χ3n) is 6.49. The van der Waals surface area contributed by atoms with E-state index in [1.807, 2.05) is 6.07 Å². The smallest absolute Gasteiger partial charge is 0.119 e. The van der Waals surface area contributed by atoms with Gasteiger partial charge < -0.3 is 19.8 Å². The van der Waals surface area contributed by atoms with Crippen molar-refractivity contribution in [3.05, 3.63) is 29.3 Å². The molecular formula is C18H25NO3. The van der Waals surface area contributed by atoms with Gasteiger partial charge in [0.2, 0.25) is 0 Å². The average molecular weight is 303 g/mol. The van der Waals surface area contributed by atoms with Gasteiger partial charge in [0, 0.05) is 11.5 Å². The first-order valence-corrected chi connectivity index (χ1v) is 8.28. The van der Waals surface area contributed by atoms with E-state index in [1.165, 1.54) is 11.1 Å². The molecule has 4 atom stereocenters. The van der Waals surface area contributed by atoms with E-state index in [4.69, 9.17) is 4.74 Å². The summed E-state index contributed by atoms with van der Waals surface area (Å²) in [6, 6.07) is 6.40. The van der Waals surface area contributed by atoms with Gasteiger partial charge in [0.25, 0.3) is 0 Å². The van der Waals surface area contributed by atoms with Crippen LogP contribution in [0.1, 0.15) is 36.8 Å². The van der Waals surface area contributed by atoms with Gasteiger partial charge in [0.05, 0.1) is 18.8 Å². The lowest BCUT2D eigenvalue weighted by Gasteiger charge is -2.64. The van der Waals surface area contributed by atoms with Crippen LogP contribution in [0, 0.1) is 0 Å². The van der Waals surface area contributed by atoms with Crippen molar-refractivity contribution in [3.63, 3.8) is 0 Å². The maximum Gasteiger partial charge on any atom is 0.119 e. The molecule has 120 valence electrons. The molecule has 0 spiro atoms. The van der Waals surface area contributed by atoms with Gasteiger partial charge in [-0.3, -0.25) is 0 Å². The van der Waals surface area contributed by atoms with Crippen LogP contribution in [0.5, 0.6) is 5.75 Å². The van der Waals surface area contributed by atoms with Crippen LogP contribution in [0.4, 0.5) is 0 Å². The Morgan fingerprint density at radius 3 is 2.91 bits per heavy atom. The van der Waals surface area contributed by atoms with Crippen LogP contribution in [0.3, 0.4) is 0 Å². The molecule has 3 aliphatic rings. The Kier molecular flexibility index (Phi) is 3.09. The fourth-order valence-corrected chi connectivity index (χ4v) is 5.32. The molecule has 1 heterocycles. The molecule has 4 rings (SSSR count). The van der Waals surface area contributed by atoms with Crippen molar-refractivity contribution in [2.45, 2.75) is 55.3 Å². The lowest BCUT2D eigenvalue weighted by atomic mass is 9.49. The largest absolute Gasteiger partial charge is 0.497 e. The number of benzene rings is 1. The van der Waals surface area contributed by atoms with Crippen LogP contribution in [-0.2, 0) is 11.8 Å². The highest BCUT2D eigenvalue weighted by atomic mass is 16.5. The number of nitrogens with zero attached hydrogens (tertiary/aromatic N) is 1. The van der Waals surface area contributed by atoms with Gasteiger partial charge >= 0.3 is 0 Å². The molecule has 4 heteroatoms. The molecule has 1 aliphatic heterocycles. The molecule has 4 nitrogen and oxygen atoms in total. The molecule has 0 amide bonds. The summed E-state index contributed by atoms with van der Waals surface area (Å²) in [6.45, 7) is 0.969. The highest BCUT2D eigenvalue weighted by Crippen LogP contribution is 2.58. The van der Waals surface area contributed by atoms with Crippen molar-refractivity contribution in [1.82, 2.24) is 4.90 Å². The zero-order chi connectivity index (χ0) is 15.5. The highest BCUT2D eigenvalue weighted by Gasteiger charge is 2.63. The van der Waals surface area contributed by atoms with Crippen molar-refractivity contribution in [1.29, 1.82) is 0 Å². The number of hydrogen-bond donors (Lipinski definition) is 2. The van der Waals surface area contributed by atoms with Crippen LogP contribution in [0.15, 0.2) is 18.2 Å². The molecule has 22 heavy (non-hydrogen) atoms. The number of likely N-dealkylation sites (tertiary alicyclic amines) is 1. The van der Waals surface area contributed by atoms with Crippen molar-refractivity contribution in [3.8, 4) is 5.75 Å². The maximum atomic E-state index is 11.7. The maximum absolute atomic E-state index is 11.7. The Hall–Kier alpha value is -1.10. The van der Waals surface area contributed by atoms with Crippen LogP contribution < -0.4 is 4.74 Å². The predicted molar refractivity (Wildman–Crippen MR) is 84.2 cm³/mol. The van der Waals surface area contributed by atoms with Gasteiger partial charge in [0.15, 0.2) is 0 Å². The van der Waals surface area contributed by atoms with E-state index in [2.05, 4.69) is 24.1 Å². The predicted octanol–water partition coefficient (Wildman–Crippen LogP) is 1.47. The van der Waals surface area contributed by atoms with E-state index in [0.29, 0.717) is 19.3 Å². The quantitative estimate of drug-likeness (QED) is 0.825. The summed E-state index contributed by atoms with van der Waals surface area (Å²) >= 11 is 0. The van der Waals surface area contributed by atoms with Crippen molar-refractivity contribution in [2.24, 2.45) is 0 Å². The van der Waals surface area contributed by atoms with E-state index in [1.54, 1.807) is 7.11 Å². The molecule has 1 saturated heterocycles. The zero-order valence-corrected chi connectivity index (χ0v) is 13.4. The van der Waals surface area contributed by atoms with Crippen LogP contribution in [0.25, 0.3) is 0 Å². The normalized spacial score (nSPS) is 40.7. The van der Waals surface area contributed by atoms with Crippen molar-refractivity contribution < 1.29 is 14.9 Å². The first-order valence-electron chi connectivity index (χ1n) is 8.28. The zero-order valence-electron chi connectivity index (χ0n) is 13.4. The summed E-state index contributed by atoms with van der Waals surface area (Å²) in [5.74, 6) is 0.841. The van der Waals surface area contributed by atoms with Crippen LogP contribution in [-0.4, -0.2) is 53.6 Å². The minimum atomic E-state index is -0.738. The Bertz CT molecular complexity index is 604. The molecule has 2 aliphatic carbocycles. The molecule has 2 N–H and O–H groups in total. The number of aliphatic hydroxyl groups excluding tert-OH is 1. The van der Waals surface area contributed by atoms with Gasteiger partial charge in [-0.2, -0.15) is 0 Å². The average Bonchev–Trinajstić information content (AvgIpc) is 2.51. The number of fused-ring (bicyclic) bond motifs is 1. The Labute approximate surface area is 131 Å². The summed E-state index contributed by atoms with van der Waals surface area (Å²) in [5, 5.41) is 22.0. The van der Waals surface area contributed by atoms with E-state index in [-0.39, 0.29) is 17.6 Å². The summed E-state index contributed by atoms with van der Waals surface area (Å²) in [7, 11) is 3.80. The molecule has 2 fully saturated rings. The fourth-order valence-electron chi connectivity index (χ4n) is 5.32. The number of ether oxygens (including phenoxy) is 1. The monoisotopic (exact) mass is 303 g/mol. The third-order valence-corrected chi connectivity index (χ3v) is 6.49. The molecule has 0 radical (unpaired) electrons. The molecule has 1 saturated carbocycles. The van der Waals surface area contributed by atoms with Crippen molar-refractivity contribution in [2.75, 3.05) is 20.7 Å². The van der Waals surface area contributed by atoms with E-state index >= 15 is 0 Å². The number of methoxy groups -OCH3 is 1. The topological polar surface area (TPSA) is 52.9 Å². The standard InChI is InChI=1S/C18H25NO3/c1-19-8-7-17-11-13(20)5-6-18(17,21)16(19)9-12-3-4-14(22-2)10-15(12)17/h3-4,10,13,16,20-21H,5-9,11H2,1-2H3/t13-,16-,17-,18-/m1/s1. The molecular weight excluding hydrogens is 278 g/mol. The van der Waals surface area contributed by atoms with E-state index in [9.17, 15) is 10.2 Å². The molecule has 2 bridgehead atoms. The Morgan fingerprint density at radius 2 is 2.14 bits per heavy atom. The summed E-state index contributed by atoms with van der Waals surface area (Å²) in [5.41, 5.74) is 1.44. The highest BCUT2D eigenvalue weighted by molar-refractivity contribution is 5.48. The second-order valence-electron chi connectivity index (χ2n) is 7.38. The second kappa shape index (κ2) is 4.70. The number of rotatable bonds is 1. The van der Waals surface area contributed by atoms with Crippen LogP contribution in [0.2, 0.25) is 0 Å². The molecule has 1 aromatic rings. The van der Waals surface area contributed by atoms with Gasteiger partial charge in [0.1, 0.15) is 5.75 Å². The first-order chi connectivity index (χ1) is 10.5. The number of aliphatic hydroxyl groups is 2. The number of likely N-dealkylation sites (N-methyl/N-ethyl adjacent to an activating group) is 1. The van der Waals surface area contributed by atoms with Gasteiger partial charge in [-0.15, -0.1) is 0 Å². The SMILES string of the molecule is COc1ccc2c(c1)[C@]13CCN(C)[C@H](C2)[C@]1(O)CC[C@@H](O)C3. The summed E-state index contributed by atoms with van der Waals surface area (Å²) < 4.78 is 5.42. The lowest BCUT2D eigenvalue weighted by molar-refractivity contribution is -0.177. The number of hydrogen-bond acceptors (Lipinski definition) is 4. The summed E-state index contributed by atoms with van der Waals surface area (Å²) in [6.07, 6.45) is 3.50. The van der Waals surface area contributed by atoms with Gasteiger partial charge in [-0.1, -0.05) is 6.07 Å². The minimum absolute atomic E-state index is 0.148. The van der Waals surface area contributed by atoms with E-state index < -0.39 is 5.60 Å². The van der Waals surface area contributed by atoms with Crippen LogP contribution >= 0.6 is 0 Å². The third kappa shape index (κ3) is 1.69. The molecule has 0 aromatic heterocycles. The lowest BCUT2D eigenvalue weighted by Crippen LogP contribution is -2.72. The van der Waals surface area contributed by atoms with Gasteiger partial charge in [-0.25, -0.2) is 0 Å².